The number of esters is 7. The van der Waals surface area contributed by atoms with Gasteiger partial charge in [-0.2, -0.15) is 8.42 Å². The summed E-state index contributed by atoms with van der Waals surface area (Å²) in [6.45, 7) is 4.15. The van der Waals surface area contributed by atoms with E-state index < -0.39 is 240 Å². The Balaban J connectivity index is 1.14. The van der Waals surface area contributed by atoms with Crippen LogP contribution in [0.3, 0.4) is 0 Å². The van der Waals surface area contributed by atoms with Crippen LogP contribution in [0.2, 0.25) is 26.2 Å². The molecule has 37 heteroatoms. The monoisotopic (exact) mass is 1590 g/mol. The SMILES string of the molecule is CCC(CC(CC(CC(CC(CC)C(=O)OCC(CO)(CO)COC(=O)c1cccc(C(=O)OC(C)COC(=O)c2cc(C(=O)OC3CCC(O)CC3)cc(S(=O)(=O)O)c2)c1)C(=O)O)C(=O)OCCOCCOC(=O)c1cccc(C(=O)O[Si](C)(C)OC(=O)c2cccc(C(=O)O[Si](C)(C)O)c2)c1)C(=O)O)C(=O)O. The lowest BCUT2D eigenvalue weighted by molar-refractivity contribution is -0.158. The van der Waals surface area contributed by atoms with E-state index in [9.17, 15) is 111 Å². The minimum atomic E-state index is -4.96. The van der Waals surface area contributed by atoms with Crippen molar-refractivity contribution in [3.63, 3.8) is 0 Å². The van der Waals surface area contributed by atoms with Crippen LogP contribution < -0.4 is 0 Å². The highest BCUT2D eigenvalue weighted by Gasteiger charge is 2.40. The molecule has 6 atom stereocenters. The minimum Gasteiger partial charge on any atom is -0.491 e. The molecule has 109 heavy (non-hydrogen) atoms. The van der Waals surface area contributed by atoms with Crippen LogP contribution in [0, 0.1) is 35.0 Å². The molecule has 1 aliphatic carbocycles. The standard InChI is InChI=1S/C72H90O34SSi2/c1-8-43(59(76)77)27-51(60(78)79)32-53(65(85)98-26-24-96-23-25-97-63(83)45-13-11-17-49(30-45)70(90)105-109(6,7)106-71(91)50-18-12-16-48(31-50)69(89)104-108(4,5)95)33-52(61(80)81)28-44(9-2)62(82)100-40-72(38-73,39-74)41-101-64(84)46-14-10-15-47(29-46)67(87)102-42(3)37-99-66(86)54-34-55(36-58(35-54)107(92,93)94)68(88)103-57-21-19-56(75)20-22-57/h10-18,29-31,34-36,42-44,51-53,56-57,73-75,95H,8-9,19-28,32-33,37-41H2,1-7H3,(H,76,77)(H,78,79)(H,80,81)(H,92,93,94). The Morgan fingerprint density at radius 1 is 0.477 bits per heavy atom. The Labute approximate surface area is 628 Å². The van der Waals surface area contributed by atoms with Gasteiger partial charge in [-0.3, -0.25) is 28.5 Å². The van der Waals surface area contributed by atoms with Gasteiger partial charge in [-0.1, -0.05) is 32.0 Å². The molecule has 0 aliphatic heterocycles. The van der Waals surface area contributed by atoms with Gasteiger partial charge in [0, 0.05) is 13.1 Å². The van der Waals surface area contributed by atoms with Crippen LogP contribution in [0.4, 0.5) is 0 Å². The molecular weight excluding hydrogens is 1500 g/mol. The fraction of sp³-hybridized carbons (Fsp3) is 0.486. The van der Waals surface area contributed by atoms with E-state index in [4.69, 9.17) is 51.2 Å². The van der Waals surface area contributed by atoms with E-state index in [2.05, 4.69) is 0 Å². The van der Waals surface area contributed by atoms with Crippen molar-refractivity contribution in [2.24, 2.45) is 35.0 Å². The van der Waals surface area contributed by atoms with E-state index in [1.165, 1.54) is 108 Å². The van der Waals surface area contributed by atoms with Crippen molar-refractivity contribution >= 4 is 105 Å². The summed E-state index contributed by atoms with van der Waals surface area (Å²) in [6.07, 6.45) is -3.36. The summed E-state index contributed by atoms with van der Waals surface area (Å²) in [5.74, 6) is -21.7. The third-order valence-electron chi connectivity index (χ3n) is 17.0. The number of hydrogen-bond acceptors (Lipinski definition) is 30. The first-order valence-electron chi connectivity index (χ1n) is 34.5. The van der Waals surface area contributed by atoms with Crippen molar-refractivity contribution in [1.29, 1.82) is 0 Å². The molecular formula is C72H90O34SSi2. The lowest BCUT2D eigenvalue weighted by Gasteiger charge is -2.30. The van der Waals surface area contributed by atoms with Gasteiger partial charge in [0.2, 0.25) is 0 Å². The summed E-state index contributed by atoms with van der Waals surface area (Å²) in [7, 11) is -11.8. The van der Waals surface area contributed by atoms with E-state index in [0.717, 1.165) is 30.3 Å². The molecule has 596 valence electrons. The fourth-order valence-electron chi connectivity index (χ4n) is 10.9. The molecule has 1 aliphatic rings. The van der Waals surface area contributed by atoms with E-state index in [-0.39, 0.29) is 66.0 Å². The third kappa shape index (κ3) is 29.2. The number of carbonyl (C=O) groups is 13. The van der Waals surface area contributed by atoms with Gasteiger partial charge in [0.25, 0.3) is 10.1 Å². The largest absolute Gasteiger partial charge is 0.491 e. The third-order valence-corrected chi connectivity index (χ3v) is 19.9. The highest BCUT2D eigenvalue weighted by atomic mass is 32.2. The van der Waals surface area contributed by atoms with Crippen molar-refractivity contribution in [3.8, 4) is 0 Å². The molecule has 8 N–H and O–H groups in total. The normalized spacial score (nSPS) is 15.5. The molecule has 0 amide bonds. The number of carboxylic acid groups (broad SMARTS) is 3. The second kappa shape index (κ2) is 41.6. The minimum absolute atomic E-state index is 0.00188. The molecule has 6 unspecified atom stereocenters. The maximum Gasteiger partial charge on any atom is 0.458 e. The number of carbonyl (C=O) groups excluding carboxylic acids is 10. The Morgan fingerprint density at radius 3 is 1.33 bits per heavy atom. The Morgan fingerprint density at radius 2 is 0.872 bits per heavy atom. The lowest BCUT2D eigenvalue weighted by atomic mass is 9.80. The lowest BCUT2D eigenvalue weighted by Crippen LogP contribution is -2.42. The van der Waals surface area contributed by atoms with E-state index in [1.807, 2.05) is 0 Å². The molecule has 1 fully saturated rings. The Hall–Kier alpha value is -9.87. The summed E-state index contributed by atoms with van der Waals surface area (Å²) < 4.78 is 93.1. The number of aliphatic carboxylic acids is 3. The maximum absolute atomic E-state index is 13.9. The molecule has 0 saturated heterocycles. The second-order valence-electron chi connectivity index (χ2n) is 26.8. The fourth-order valence-corrected chi connectivity index (χ4v) is 13.2. The summed E-state index contributed by atoms with van der Waals surface area (Å²) in [4.78, 5) is 179. The van der Waals surface area contributed by atoms with Gasteiger partial charge in [-0.25, -0.2) is 38.4 Å². The van der Waals surface area contributed by atoms with Crippen molar-refractivity contribution in [3.05, 3.63) is 136 Å². The maximum atomic E-state index is 13.9. The van der Waals surface area contributed by atoms with Gasteiger partial charge in [0.05, 0.1) is 117 Å². The molecule has 4 aromatic rings. The average Bonchev–Trinajstić information content (AvgIpc) is 0.818. The van der Waals surface area contributed by atoms with Gasteiger partial charge < -0.3 is 86.6 Å². The molecule has 0 spiro atoms. The summed E-state index contributed by atoms with van der Waals surface area (Å²) >= 11 is 0. The zero-order valence-electron chi connectivity index (χ0n) is 60.8. The van der Waals surface area contributed by atoms with Crippen LogP contribution in [-0.4, -0.2) is 221 Å². The summed E-state index contributed by atoms with van der Waals surface area (Å²) in [6, 6.07) is 17.8. The number of hydrogen-bond donors (Lipinski definition) is 8. The average molecular weight is 1590 g/mol. The number of benzene rings is 4. The number of carboxylic acids is 3. The van der Waals surface area contributed by atoms with Crippen LogP contribution >= 0.6 is 0 Å². The highest BCUT2D eigenvalue weighted by Crippen LogP contribution is 2.33. The highest BCUT2D eigenvalue weighted by molar-refractivity contribution is 7.85. The van der Waals surface area contributed by atoms with Crippen LogP contribution in [0.5, 0.6) is 0 Å². The van der Waals surface area contributed by atoms with Crippen molar-refractivity contribution < 1.29 is 162 Å². The molecule has 5 rings (SSSR count). The van der Waals surface area contributed by atoms with Gasteiger partial charge in [0.1, 0.15) is 45.2 Å². The second-order valence-corrected chi connectivity index (χ2v) is 34.5. The molecule has 0 heterocycles. The van der Waals surface area contributed by atoms with Crippen LogP contribution in [0.15, 0.2) is 95.9 Å². The van der Waals surface area contributed by atoms with Gasteiger partial charge in [-0.05, 0) is 157 Å². The molecule has 0 radical (unpaired) electrons. The van der Waals surface area contributed by atoms with Crippen LogP contribution in [0.25, 0.3) is 0 Å². The predicted octanol–water partition coefficient (Wildman–Crippen LogP) is 6.17. The van der Waals surface area contributed by atoms with E-state index >= 15 is 0 Å². The zero-order valence-corrected chi connectivity index (χ0v) is 63.6. The van der Waals surface area contributed by atoms with Gasteiger partial charge in [-0.15, -0.1) is 0 Å². The van der Waals surface area contributed by atoms with E-state index in [0.29, 0.717) is 25.7 Å². The number of aliphatic hydroxyl groups is 3. The first kappa shape index (κ1) is 89.8. The molecule has 0 bridgehead atoms. The number of aliphatic hydroxyl groups excluding tert-OH is 3. The van der Waals surface area contributed by atoms with E-state index in [1.54, 1.807) is 0 Å². The van der Waals surface area contributed by atoms with Crippen molar-refractivity contribution in [2.45, 2.75) is 134 Å². The molecule has 0 aromatic heterocycles. The first-order valence-corrected chi connectivity index (χ1v) is 41.6. The molecule has 34 nitrogen and oxygen atoms in total. The number of ether oxygens (including phenoxy) is 8. The Bertz CT molecular complexity index is 4020. The van der Waals surface area contributed by atoms with Crippen LogP contribution in [0.1, 0.15) is 168 Å². The summed E-state index contributed by atoms with van der Waals surface area (Å²) in [5.41, 5.74) is -3.60. The zero-order chi connectivity index (χ0) is 81.1. The van der Waals surface area contributed by atoms with Crippen molar-refractivity contribution in [2.75, 3.05) is 59.5 Å². The molecule has 1 saturated carbocycles. The quantitative estimate of drug-likeness (QED) is 0.00807. The smallest absolute Gasteiger partial charge is 0.458 e. The number of rotatable bonds is 43. The summed E-state index contributed by atoms with van der Waals surface area (Å²) in [5, 5.41) is 61.3. The molecule has 4 aromatic carbocycles. The predicted molar refractivity (Wildman–Crippen MR) is 377 cm³/mol. The first-order chi connectivity index (χ1) is 51.2. The Kier molecular flexibility index (Phi) is 34.3. The van der Waals surface area contributed by atoms with Gasteiger partial charge in [0.15, 0.2) is 0 Å². The van der Waals surface area contributed by atoms with Crippen molar-refractivity contribution in [1.82, 2.24) is 0 Å². The van der Waals surface area contributed by atoms with Gasteiger partial charge >= 0.3 is 94.7 Å². The van der Waals surface area contributed by atoms with Crippen LogP contribution in [-0.2, 0) is 85.3 Å². The topological polar surface area (TPSA) is 519 Å².